The van der Waals surface area contributed by atoms with Crippen molar-refractivity contribution in [3.05, 3.63) is 0 Å². The van der Waals surface area contributed by atoms with Gasteiger partial charge in [0.15, 0.2) is 0 Å². The molecule has 1 nitrogen and oxygen atoms in total. The van der Waals surface area contributed by atoms with Crippen molar-refractivity contribution in [3.63, 3.8) is 0 Å². The Kier molecular flexibility index (Phi) is 1.59. The minimum atomic E-state index is 0.789. The van der Waals surface area contributed by atoms with Crippen molar-refractivity contribution in [1.29, 1.82) is 0 Å². The van der Waals surface area contributed by atoms with Crippen LogP contribution in [0, 0.1) is 11.3 Å². The molecule has 1 aliphatic heterocycles. The van der Waals surface area contributed by atoms with Gasteiger partial charge in [0.05, 0.1) is 0 Å². The van der Waals surface area contributed by atoms with Crippen molar-refractivity contribution in [2.75, 3.05) is 6.54 Å². The molecule has 0 amide bonds. The molecule has 1 heterocycles. The maximum absolute atomic E-state index is 2.76. The van der Waals surface area contributed by atoms with Gasteiger partial charge in [-0.1, -0.05) is 6.42 Å². The van der Waals surface area contributed by atoms with Gasteiger partial charge in [0, 0.05) is 18.6 Å². The molecule has 0 aromatic carbocycles. The second-order valence-corrected chi connectivity index (χ2v) is 5.76. The first-order valence-electron chi connectivity index (χ1n) is 5.99. The van der Waals surface area contributed by atoms with Crippen LogP contribution in [0.15, 0.2) is 0 Å². The summed E-state index contributed by atoms with van der Waals surface area (Å²) in [6.45, 7) is 6.15. The second-order valence-electron chi connectivity index (χ2n) is 5.76. The molecule has 2 saturated carbocycles. The highest BCUT2D eigenvalue weighted by molar-refractivity contribution is 5.13. The molecule has 13 heavy (non-hydrogen) atoms. The summed E-state index contributed by atoms with van der Waals surface area (Å²) in [7, 11) is 0. The van der Waals surface area contributed by atoms with E-state index in [4.69, 9.17) is 0 Å². The van der Waals surface area contributed by atoms with Crippen LogP contribution in [-0.2, 0) is 0 Å². The summed E-state index contributed by atoms with van der Waals surface area (Å²) in [5.41, 5.74) is 0.825. The predicted octanol–water partition coefficient (Wildman–Crippen LogP) is 2.66. The molecule has 2 aliphatic carbocycles. The van der Waals surface area contributed by atoms with Gasteiger partial charge in [0.2, 0.25) is 0 Å². The Labute approximate surface area is 81.5 Å². The van der Waals surface area contributed by atoms with Crippen LogP contribution >= 0.6 is 0 Å². The molecule has 74 valence electrons. The van der Waals surface area contributed by atoms with E-state index in [0.29, 0.717) is 0 Å². The Hall–Kier alpha value is -0.0400. The zero-order valence-electron chi connectivity index (χ0n) is 8.92. The fourth-order valence-corrected chi connectivity index (χ4v) is 3.57. The van der Waals surface area contributed by atoms with Gasteiger partial charge >= 0.3 is 0 Å². The van der Waals surface area contributed by atoms with Crippen LogP contribution in [0.1, 0.15) is 46.0 Å². The van der Waals surface area contributed by atoms with Crippen molar-refractivity contribution in [2.45, 2.75) is 58.0 Å². The minimum Gasteiger partial charge on any atom is -0.297 e. The highest BCUT2D eigenvalue weighted by Crippen LogP contribution is 2.60. The maximum Gasteiger partial charge on any atom is 0.0195 e. The summed E-state index contributed by atoms with van der Waals surface area (Å²) in [5, 5.41) is 0. The molecule has 3 rings (SSSR count). The Balaban J connectivity index is 1.74. The van der Waals surface area contributed by atoms with Gasteiger partial charge in [-0.05, 0) is 50.9 Å². The Morgan fingerprint density at radius 2 is 1.92 bits per heavy atom. The third-order valence-electron chi connectivity index (χ3n) is 4.56. The number of hydrogen-bond acceptors (Lipinski definition) is 1. The third-order valence-corrected chi connectivity index (χ3v) is 4.56. The molecule has 0 radical (unpaired) electrons. The highest BCUT2D eigenvalue weighted by Gasteiger charge is 2.60. The lowest BCUT2D eigenvalue weighted by Gasteiger charge is -2.64. The standard InChI is InChI=1S/C12H21N/c1-9(2)13-8-12(6-3-7-12)11(13)10-4-5-10/h9-11H,3-8H2,1-2H3/t11-/m0/s1. The molecule has 1 saturated heterocycles. The van der Waals surface area contributed by atoms with Crippen LogP contribution in [0.2, 0.25) is 0 Å². The number of likely N-dealkylation sites (tertiary alicyclic amines) is 1. The fraction of sp³-hybridized carbons (Fsp3) is 1.00. The van der Waals surface area contributed by atoms with Crippen molar-refractivity contribution in [3.8, 4) is 0 Å². The normalized spacial score (nSPS) is 37.6. The van der Waals surface area contributed by atoms with Crippen LogP contribution in [0.4, 0.5) is 0 Å². The molecule has 0 aromatic heterocycles. The molecule has 1 atom stereocenters. The second kappa shape index (κ2) is 2.50. The quantitative estimate of drug-likeness (QED) is 0.630. The SMILES string of the molecule is CC(C)N1CC2(CCC2)[C@@H]1C1CC1. The number of hydrogen-bond donors (Lipinski definition) is 0. The van der Waals surface area contributed by atoms with Crippen molar-refractivity contribution < 1.29 is 0 Å². The van der Waals surface area contributed by atoms with Crippen molar-refractivity contribution >= 4 is 0 Å². The van der Waals surface area contributed by atoms with Crippen molar-refractivity contribution in [1.82, 2.24) is 4.90 Å². The van der Waals surface area contributed by atoms with Crippen molar-refractivity contribution in [2.24, 2.45) is 11.3 Å². The lowest BCUT2D eigenvalue weighted by Crippen LogP contribution is -2.69. The molecule has 0 N–H and O–H groups in total. The van der Waals surface area contributed by atoms with Gasteiger partial charge in [0.25, 0.3) is 0 Å². The number of nitrogens with zero attached hydrogens (tertiary/aromatic N) is 1. The van der Waals surface area contributed by atoms with Crippen LogP contribution in [0.3, 0.4) is 0 Å². The molecule has 0 unspecified atom stereocenters. The molecule has 0 bridgehead atoms. The Morgan fingerprint density at radius 1 is 1.23 bits per heavy atom. The average molecular weight is 179 g/mol. The van der Waals surface area contributed by atoms with Gasteiger partial charge in [-0.3, -0.25) is 4.90 Å². The summed E-state index contributed by atoms with van der Waals surface area (Å²) >= 11 is 0. The molecule has 1 spiro atoms. The maximum atomic E-state index is 2.76. The van der Waals surface area contributed by atoms with E-state index in [1.54, 1.807) is 0 Å². The summed E-state index contributed by atoms with van der Waals surface area (Å²) in [4.78, 5) is 2.76. The van der Waals surface area contributed by atoms with Gasteiger partial charge in [-0.15, -0.1) is 0 Å². The third kappa shape index (κ3) is 1.03. The van der Waals surface area contributed by atoms with E-state index in [1.807, 2.05) is 0 Å². The highest BCUT2D eigenvalue weighted by atomic mass is 15.3. The first-order chi connectivity index (χ1) is 6.23. The summed E-state index contributed by atoms with van der Waals surface area (Å²) in [6, 6.07) is 1.79. The molecule has 0 aromatic rings. The molecular weight excluding hydrogens is 158 g/mol. The molecule has 3 aliphatic rings. The first kappa shape index (κ1) is 8.28. The average Bonchev–Trinajstić information content (AvgIpc) is 2.64. The van der Waals surface area contributed by atoms with Crippen LogP contribution in [0.5, 0.6) is 0 Å². The Morgan fingerprint density at radius 3 is 2.31 bits per heavy atom. The van der Waals surface area contributed by atoms with Crippen LogP contribution in [-0.4, -0.2) is 23.5 Å². The minimum absolute atomic E-state index is 0.789. The molecular formula is C12H21N. The lowest BCUT2D eigenvalue weighted by molar-refractivity contribution is -0.149. The lowest BCUT2D eigenvalue weighted by atomic mass is 9.56. The smallest absolute Gasteiger partial charge is 0.0195 e. The Bertz CT molecular complexity index is 213. The fourth-order valence-electron chi connectivity index (χ4n) is 3.57. The molecule has 3 fully saturated rings. The summed E-state index contributed by atoms with van der Waals surface area (Å²) in [5.74, 6) is 1.09. The van der Waals surface area contributed by atoms with E-state index in [0.717, 1.165) is 23.4 Å². The first-order valence-corrected chi connectivity index (χ1v) is 5.99. The van der Waals surface area contributed by atoms with Crippen LogP contribution in [0.25, 0.3) is 0 Å². The van der Waals surface area contributed by atoms with Gasteiger partial charge in [0.1, 0.15) is 0 Å². The van der Waals surface area contributed by atoms with Gasteiger partial charge in [-0.2, -0.15) is 0 Å². The van der Waals surface area contributed by atoms with E-state index < -0.39 is 0 Å². The van der Waals surface area contributed by atoms with E-state index in [9.17, 15) is 0 Å². The topological polar surface area (TPSA) is 3.24 Å². The molecule has 1 heteroatoms. The summed E-state index contributed by atoms with van der Waals surface area (Å²) < 4.78 is 0. The monoisotopic (exact) mass is 179 g/mol. The van der Waals surface area contributed by atoms with E-state index in [1.165, 1.54) is 38.6 Å². The number of rotatable bonds is 2. The van der Waals surface area contributed by atoms with Gasteiger partial charge < -0.3 is 0 Å². The van der Waals surface area contributed by atoms with Gasteiger partial charge in [-0.25, -0.2) is 0 Å². The van der Waals surface area contributed by atoms with Crippen LogP contribution < -0.4 is 0 Å². The predicted molar refractivity (Wildman–Crippen MR) is 54.6 cm³/mol. The zero-order valence-corrected chi connectivity index (χ0v) is 8.92. The van der Waals surface area contributed by atoms with E-state index >= 15 is 0 Å². The largest absolute Gasteiger partial charge is 0.297 e. The summed E-state index contributed by atoms with van der Waals surface area (Å²) in [6.07, 6.45) is 7.63. The zero-order chi connectivity index (χ0) is 9.05. The van der Waals surface area contributed by atoms with E-state index in [2.05, 4.69) is 18.7 Å². The van der Waals surface area contributed by atoms with E-state index in [-0.39, 0.29) is 0 Å².